The third-order valence-electron chi connectivity index (χ3n) is 3.19. The number of aliphatic hydroxyl groups excluding tert-OH is 3. The second-order valence-corrected chi connectivity index (χ2v) is 4.46. The van der Waals surface area contributed by atoms with Gasteiger partial charge < -0.3 is 26.2 Å². The topological polar surface area (TPSA) is 124 Å². The summed E-state index contributed by atoms with van der Waals surface area (Å²) in [4.78, 5) is 11.3. The summed E-state index contributed by atoms with van der Waals surface area (Å²) in [5, 5.41) is 38.0. The third kappa shape index (κ3) is 1.49. The van der Waals surface area contributed by atoms with Crippen LogP contribution in [-0.4, -0.2) is 56.7 Å². The Balaban J connectivity index is 2.79. The molecule has 1 saturated carbocycles. The van der Waals surface area contributed by atoms with E-state index in [2.05, 4.69) is 0 Å². The molecule has 6 N–H and O–H groups in total. The van der Waals surface area contributed by atoms with E-state index in [1.54, 1.807) is 0 Å². The van der Waals surface area contributed by atoms with Crippen molar-refractivity contribution in [2.75, 3.05) is 6.54 Å². The zero-order valence-electron chi connectivity index (χ0n) is 8.71. The lowest BCUT2D eigenvalue weighted by molar-refractivity contribution is -0.137. The Bertz CT molecular complexity index is 280. The molecule has 0 bridgehead atoms. The molecular weight excluding hydrogens is 202 g/mol. The molecule has 1 fully saturated rings. The lowest BCUT2D eigenvalue weighted by Gasteiger charge is -2.26. The van der Waals surface area contributed by atoms with E-state index in [1.165, 1.54) is 13.8 Å². The number of hydrogen-bond acceptors (Lipinski definition) is 6. The van der Waals surface area contributed by atoms with Crippen molar-refractivity contribution < 1.29 is 25.2 Å². The van der Waals surface area contributed by atoms with Gasteiger partial charge in [-0.25, -0.2) is 0 Å². The van der Waals surface area contributed by atoms with Gasteiger partial charge in [0.1, 0.15) is 12.2 Å². The minimum Gasteiger partial charge on any atom is -0.389 e. The molecule has 15 heavy (non-hydrogen) atoms. The van der Waals surface area contributed by atoms with Crippen LogP contribution < -0.4 is 5.73 Å². The molecule has 0 saturated heterocycles. The van der Waals surface area contributed by atoms with Gasteiger partial charge in [0.15, 0.2) is 11.4 Å². The lowest BCUT2D eigenvalue weighted by Crippen LogP contribution is -2.50. The van der Waals surface area contributed by atoms with E-state index < -0.39 is 35.1 Å². The molecule has 0 aromatic rings. The third-order valence-corrected chi connectivity index (χ3v) is 3.19. The first kappa shape index (κ1) is 12.5. The second-order valence-electron chi connectivity index (χ2n) is 4.46. The predicted molar refractivity (Wildman–Crippen MR) is 50.8 cm³/mol. The van der Waals surface area contributed by atoms with E-state index in [0.717, 1.165) is 0 Å². The van der Waals surface area contributed by atoms with Gasteiger partial charge in [-0.3, -0.25) is 4.79 Å². The smallest absolute Gasteiger partial charge is 0.177 e. The minimum absolute atomic E-state index is 0.261. The highest BCUT2D eigenvalue weighted by atomic mass is 16.4. The molecule has 1 aliphatic carbocycles. The second kappa shape index (κ2) is 3.50. The molecular formula is C9H17NO5. The quantitative estimate of drug-likeness (QED) is 0.352. The Morgan fingerprint density at radius 1 is 1.33 bits per heavy atom. The Hall–Kier alpha value is -0.530. The fraction of sp³-hybridized carbons (Fsp3) is 0.889. The number of ketones is 1. The van der Waals surface area contributed by atoms with E-state index in [9.17, 15) is 25.2 Å². The fourth-order valence-corrected chi connectivity index (χ4v) is 1.73. The number of nitrogens with two attached hydrogens (primary N) is 1. The Morgan fingerprint density at radius 3 is 2.00 bits per heavy atom. The van der Waals surface area contributed by atoms with E-state index >= 15 is 0 Å². The average Bonchev–Trinajstić information content (AvgIpc) is 2.60. The van der Waals surface area contributed by atoms with Gasteiger partial charge in [0.05, 0.1) is 11.5 Å². The van der Waals surface area contributed by atoms with E-state index in [4.69, 9.17) is 5.73 Å². The van der Waals surface area contributed by atoms with Crippen LogP contribution in [0.25, 0.3) is 0 Å². The van der Waals surface area contributed by atoms with Crippen LogP contribution in [0.3, 0.4) is 0 Å². The minimum atomic E-state index is -1.98. The van der Waals surface area contributed by atoms with Gasteiger partial charge in [0, 0.05) is 6.54 Å². The Kier molecular flexibility index (Phi) is 2.92. The predicted octanol–water partition coefficient (Wildman–Crippen LogP) is -2.63. The SMILES string of the molecule is CC1(C)C(=O)[C@]1(O)[C@@H](O)[C@H](O)[C@H](O)CN. The van der Waals surface area contributed by atoms with Gasteiger partial charge in [0.25, 0.3) is 0 Å². The van der Waals surface area contributed by atoms with Crippen LogP contribution in [0, 0.1) is 5.41 Å². The normalized spacial score (nSPS) is 34.7. The zero-order valence-corrected chi connectivity index (χ0v) is 8.71. The number of hydrogen-bond donors (Lipinski definition) is 5. The van der Waals surface area contributed by atoms with E-state index in [-0.39, 0.29) is 6.54 Å². The summed E-state index contributed by atoms with van der Waals surface area (Å²) in [5.74, 6) is -0.550. The summed E-state index contributed by atoms with van der Waals surface area (Å²) in [6.07, 6.45) is -4.72. The summed E-state index contributed by atoms with van der Waals surface area (Å²) in [7, 11) is 0. The molecule has 0 spiro atoms. The van der Waals surface area contributed by atoms with Crippen molar-refractivity contribution >= 4 is 5.78 Å². The molecule has 0 unspecified atom stereocenters. The fourth-order valence-electron chi connectivity index (χ4n) is 1.73. The van der Waals surface area contributed by atoms with Crippen molar-refractivity contribution in [1.29, 1.82) is 0 Å². The maximum atomic E-state index is 11.3. The summed E-state index contributed by atoms with van der Waals surface area (Å²) < 4.78 is 0. The average molecular weight is 219 g/mol. The summed E-state index contributed by atoms with van der Waals surface area (Å²) >= 11 is 0. The van der Waals surface area contributed by atoms with Gasteiger partial charge in [-0.1, -0.05) is 0 Å². The van der Waals surface area contributed by atoms with Gasteiger partial charge in [-0.15, -0.1) is 0 Å². The van der Waals surface area contributed by atoms with Crippen molar-refractivity contribution in [2.24, 2.45) is 11.1 Å². The first-order valence-electron chi connectivity index (χ1n) is 4.72. The number of carbonyl (C=O) groups is 1. The van der Waals surface area contributed by atoms with Gasteiger partial charge >= 0.3 is 0 Å². The molecule has 0 aromatic heterocycles. The van der Waals surface area contributed by atoms with Gasteiger partial charge in [-0.2, -0.15) is 0 Å². The van der Waals surface area contributed by atoms with E-state index in [1.807, 2.05) is 0 Å². The zero-order chi connectivity index (χ0) is 12.0. The lowest BCUT2D eigenvalue weighted by atomic mass is 9.95. The van der Waals surface area contributed by atoms with Gasteiger partial charge in [0.2, 0.25) is 0 Å². The molecule has 1 rings (SSSR count). The van der Waals surface area contributed by atoms with Crippen LogP contribution in [0.2, 0.25) is 0 Å². The molecule has 1 aliphatic rings. The van der Waals surface area contributed by atoms with Crippen LogP contribution in [0.5, 0.6) is 0 Å². The number of rotatable bonds is 4. The van der Waals surface area contributed by atoms with Crippen LogP contribution in [0.1, 0.15) is 13.8 Å². The molecule has 88 valence electrons. The van der Waals surface area contributed by atoms with Crippen LogP contribution in [-0.2, 0) is 4.79 Å². The number of Topliss-reactive ketones (excluding diaryl/α,β-unsaturated/α-hetero) is 1. The molecule has 0 heterocycles. The summed E-state index contributed by atoms with van der Waals surface area (Å²) in [6, 6.07) is 0. The summed E-state index contributed by atoms with van der Waals surface area (Å²) in [6.45, 7) is 2.66. The highest BCUT2D eigenvalue weighted by molar-refractivity contribution is 6.11. The number of aliphatic hydroxyl groups is 4. The van der Waals surface area contributed by atoms with Crippen molar-refractivity contribution in [3.8, 4) is 0 Å². The van der Waals surface area contributed by atoms with E-state index in [0.29, 0.717) is 0 Å². The standard InChI is InChI=1S/C9H17NO5/c1-8(2)7(14)9(8,15)6(13)5(12)4(11)3-10/h4-6,11-13,15H,3,10H2,1-2H3/t4-,5-,6+,9-/m1/s1. The first-order chi connectivity index (χ1) is 6.71. The first-order valence-corrected chi connectivity index (χ1v) is 4.72. The Morgan fingerprint density at radius 2 is 1.73 bits per heavy atom. The highest BCUT2D eigenvalue weighted by Crippen LogP contribution is 2.53. The molecule has 0 amide bonds. The van der Waals surface area contributed by atoms with Crippen molar-refractivity contribution in [3.05, 3.63) is 0 Å². The maximum Gasteiger partial charge on any atom is 0.177 e. The van der Waals surface area contributed by atoms with Gasteiger partial charge in [-0.05, 0) is 13.8 Å². The Labute approximate surface area is 87.3 Å². The molecule has 0 aliphatic heterocycles. The van der Waals surface area contributed by atoms with Crippen molar-refractivity contribution in [2.45, 2.75) is 37.8 Å². The monoisotopic (exact) mass is 219 g/mol. The van der Waals surface area contributed by atoms with Crippen LogP contribution >= 0.6 is 0 Å². The molecule has 6 heteroatoms. The largest absolute Gasteiger partial charge is 0.389 e. The molecule has 0 aromatic carbocycles. The van der Waals surface area contributed by atoms with Crippen molar-refractivity contribution in [3.63, 3.8) is 0 Å². The van der Waals surface area contributed by atoms with Crippen molar-refractivity contribution in [1.82, 2.24) is 0 Å². The van der Waals surface area contributed by atoms with Crippen LogP contribution in [0.15, 0.2) is 0 Å². The molecule has 4 atom stereocenters. The number of carbonyl (C=O) groups excluding carboxylic acids is 1. The maximum absolute atomic E-state index is 11.3. The van der Waals surface area contributed by atoms with Crippen LogP contribution in [0.4, 0.5) is 0 Å². The summed E-state index contributed by atoms with van der Waals surface area (Å²) in [5.41, 5.74) is 2.01. The molecule has 6 nitrogen and oxygen atoms in total. The molecule has 0 radical (unpaired) electrons. The highest BCUT2D eigenvalue weighted by Gasteiger charge is 2.76.